The lowest BCUT2D eigenvalue weighted by Crippen LogP contribution is -2.10. The van der Waals surface area contributed by atoms with E-state index in [-0.39, 0.29) is 5.69 Å². The maximum absolute atomic E-state index is 12.2. The van der Waals surface area contributed by atoms with Crippen LogP contribution in [0.4, 0.5) is 8.78 Å². The summed E-state index contributed by atoms with van der Waals surface area (Å²) in [4.78, 5) is 12.8. The summed E-state index contributed by atoms with van der Waals surface area (Å²) < 4.78 is 24.8. The molecule has 0 atom stereocenters. The third-order valence-electron chi connectivity index (χ3n) is 1.50. The Morgan fingerprint density at radius 2 is 2.17 bits per heavy atom. The summed E-state index contributed by atoms with van der Waals surface area (Å²) in [6.07, 6.45) is -2.64. The molecule has 2 nitrogen and oxygen atoms in total. The number of nitrogens with one attached hydrogen (secondary N) is 1. The van der Waals surface area contributed by atoms with Crippen molar-refractivity contribution in [3.63, 3.8) is 0 Å². The van der Waals surface area contributed by atoms with Crippen LogP contribution in [0.25, 0.3) is 0 Å². The molecule has 1 aromatic rings. The van der Waals surface area contributed by atoms with Crippen molar-refractivity contribution < 1.29 is 8.78 Å². The number of hydrogen-bond acceptors (Lipinski definition) is 1. The molecule has 1 N–H and O–H groups in total. The van der Waals surface area contributed by atoms with Gasteiger partial charge in [0.25, 0.3) is 6.43 Å². The van der Waals surface area contributed by atoms with Crippen molar-refractivity contribution in [3.05, 3.63) is 32.2 Å². The number of alkyl halides is 2. The molecular formula is C7H6BrF2NO. The Labute approximate surface area is 75.7 Å². The summed E-state index contributed by atoms with van der Waals surface area (Å²) in [5, 5.41) is 0. The molecule has 0 amide bonds. The average Bonchev–Trinajstić information content (AvgIpc) is 1.96. The van der Waals surface area contributed by atoms with Crippen LogP contribution in [0.1, 0.15) is 17.7 Å². The average molecular weight is 238 g/mol. The van der Waals surface area contributed by atoms with Gasteiger partial charge in [-0.1, -0.05) is 15.9 Å². The van der Waals surface area contributed by atoms with E-state index in [0.717, 1.165) is 0 Å². The van der Waals surface area contributed by atoms with Gasteiger partial charge in [-0.3, -0.25) is 4.79 Å². The highest BCUT2D eigenvalue weighted by Gasteiger charge is 2.13. The fourth-order valence-corrected chi connectivity index (χ4v) is 1.25. The smallest absolute Gasteiger partial charge is 0.278 e. The SMILES string of the molecule is Cc1c(Br)cc(=O)[nH]c1C(F)F. The van der Waals surface area contributed by atoms with Crippen LogP contribution in [0.2, 0.25) is 0 Å². The third-order valence-corrected chi connectivity index (χ3v) is 2.32. The van der Waals surface area contributed by atoms with Gasteiger partial charge in [0.2, 0.25) is 5.56 Å². The predicted octanol–water partition coefficient (Wildman–Crippen LogP) is 2.38. The van der Waals surface area contributed by atoms with Crippen molar-refractivity contribution in [1.82, 2.24) is 4.98 Å². The summed E-state index contributed by atoms with van der Waals surface area (Å²) in [6.45, 7) is 1.52. The second-order valence-electron chi connectivity index (χ2n) is 2.32. The Hall–Kier alpha value is -0.710. The van der Waals surface area contributed by atoms with E-state index in [9.17, 15) is 13.6 Å². The van der Waals surface area contributed by atoms with Gasteiger partial charge in [0, 0.05) is 10.5 Å². The number of hydrogen-bond donors (Lipinski definition) is 1. The summed E-state index contributed by atoms with van der Waals surface area (Å²) in [6, 6.07) is 1.22. The monoisotopic (exact) mass is 237 g/mol. The number of H-pyrrole nitrogens is 1. The summed E-state index contributed by atoms with van der Waals surface area (Å²) in [5.41, 5.74) is -0.484. The lowest BCUT2D eigenvalue weighted by atomic mass is 10.2. The van der Waals surface area contributed by atoms with E-state index in [4.69, 9.17) is 0 Å². The van der Waals surface area contributed by atoms with Crippen LogP contribution < -0.4 is 5.56 Å². The van der Waals surface area contributed by atoms with Crippen LogP contribution in [0.5, 0.6) is 0 Å². The molecule has 1 heterocycles. The largest absolute Gasteiger partial charge is 0.321 e. The zero-order valence-corrected chi connectivity index (χ0v) is 7.78. The van der Waals surface area contributed by atoms with Gasteiger partial charge in [-0.15, -0.1) is 0 Å². The zero-order valence-electron chi connectivity index (χ0n) is 6.20. The normalized spacial score (nSPS) is 10.8. The van der Waals surface area contributed by atoms with Crippen LogP contribution in [-0.4, -0.2) is 4.98 Å². The first kappa shape index (κ1) is 9.38. The number of aromatic amines is 1. The van der Waals surface area contributed by atoms with Gasteiger partial charge in [0.15, 0.2) is 0 Å². The first-order valence-electron chi connectivity index (χ1n) is 3.20. The van der Waals surface area contributed by atoms with E-state index in [1.54, 1.807) is 0 Å². The first-order chi connectivity index (χ1) is 5.52. The number of aromatic nitrogens is 1. The Bertz CT molecular complexity index is 348. The van der Waals surface area contributed by atoms with Gasteiger partial charge < -0.3 is 4.98 Å². The molecule has 1 aromatic heterocycles. The van der Waals surface area contributed by atoms with E-state index in [2.05, 4.69) is 20.9 Å². The summed E-state index contributed by atoms with van der Waals surface area (Å²) in [7, 11) is 0. The lowest BCUT2D eigenvalue weighted by molar-refractivity contribution is 0.145. The van der Waals surface area contributed by atoms with Crippen molar-refractivity contribution >= 4 is 15.9 Å². The molecule has 0 bridgehead atoms. The second kappa shape index (κ2) is 3.35. The topological polar surface area (TPSA) is 32.9 Å². The maximum atomic E-state index is 12.2. The molecule has 0 aromatic carbocycles. The fourth-order valence-electron chi connectivity index (χ4n) is 0.833. The zero-order chi connectivity index (χ0) is 9.30. The molecule has 66 valence electrons. The minimum absolute atomic E-state index is 0.325. The Morgan fingerprint density at radius 3 is 2.67 bits per heavy atom. The van der Waals surface area contributed by atoms with Gasteiger partial charge in [0.1, 0.15) is 0 Å². The number of rotatable bonds is 1. The number of pyridine rings is 1. The molecule has 0 aliphatic rings. The van der Waals surface area contributed by atoms with Crippen LogP contribution >= 0.6 is 15.9 Å². The van der Waals surface area contributed by atoms with Gasteiger partial charge >= 0.3 is 0 Å². The Kier molecular flexibility index (Phi) is 2.62. The second-order valence-corrected chi connectivity index (χ2v) is 3.18. The molecule has 0 fully saturated rings. The van der Waals surface area contributed by atoms with E-state index >= 15 is 0 Å². The number of halogens is 3. The highest BCUT2D eigenvalue weighted by molar-refractivity contribution is 9.10. The molecule has 0 saturated heterocycles. The molecule has 0 saturated carbocycles. The van der Waals surface area contributed by atoms with E-state index in [1.165, 1.54) is 13.0 Å². The molecule has 0 aliphatic heterocycles. The van der Waals surface area contributed by atoms with Crippen molar-refractivity contribution in [2.45, 2.75) is 13.3 Å². The summed E-state index contributed by atoms with van der Waals surface area (Å²) in [5.74, 6) is 0. The van der Waals surface area contributed by atoms with Crippen molar-refractivity contribution in [2.24, 2.45) is 0 Å². The minimum Gasteiger partial charge on any atom is -0.321 e. The van der Waals surface area contributed by atoms with Crippen molar-refractivity contribution in [3.8, 4) is 0 Å². The van der Waals surface area contributed by atoms with Crippen LogP contribution in [0.3, 0.4) is 0 Å². The van der Waals surface area contributed by atoms with E-state index in [0.29, 0.717) is 10.0 Å². The maximum Gasteiger partial charge on any atom is 0.278 e. The molecule has 0 unspecified atom stereocenters. The quantitative estimate of drug-likeness (QED) is 0.800. The standard InChI is InChI=1S/C7H6BrF2NO/c1-3-4(8)2-5(12)11-6(3)7(9)10/h2,7H,1H3,(H,11,12). The van der Waals surface area contributed by atoms with Gasteiger partial charge in [-0.05, 0) is 12.5 Å². The molecule has 12 heavy (non-hydrogen) atoms. The molecule has 5 heteroatoms. The molecule has 0 spiro atoms. The van der Waals surface area contributed by atoms with Crippen molar-refractivity contribution in [2.75, 3.05) is 0 Å². The highest BCUT2D eigenvalue weighted by atomic mass is 79.9. The fraction of sp³-hybridized carbons (Fsp3) is 0.286. The van der Waals surface area contributed by atoms with E-state index in [1.807, 2.05) is 0 Å². The van der Waals surface area contributed by atoms with E-state index < -0.39 is 12.0 Å². The van der Waals surface area contributed by atoms with Gasteiger partial charge in [0.05, 0.1) is 5.69 Å². The highest BCUT2D eigenvalue weighted by Crippen LogP contribution is 2.23. The Morgan fingerprint density at radius 1 is 1.58 bits per heavy atom. The minimum atomic E-state index is -2.64. The van der Waals surface area contributed by atoms with Crippen LogP contribution in [-0.2, 0) is 0 Å². The first-order valence-corrected chi connectivity index (χ1v) is 3.99. The molecular weight excluding hydrogens is 232 g/mol. The lowest BCUT2D eigenvalue weighted by Gasteiger charge is -2.04. The summed E-state index contributed by atoms with van der Waals surface area (Å²) >= 11 is 3.01. The van der Waals surface area contributed by atoms with Gasteiger partial charge in [-0.25, -0.2) is 8.78 Å². The Balaban J connectivity index is 3.38. The van der Waals surface area contributed by atoms with Gasteiger partial charge in [-0.2, -0.15) is 0 Å². The van der Waals surface area contributed by atoms with Crippen LogP contribution in [0.15, 0.2) is 15.3 Å². The third kappa shape index (κ3) is 1.72. The van der Waals surface area contributed by atoms with Crippen molar-refractivity contribution in [1.29, 1.82) is 0 Å². The predicted molar refractivity (Wildman–Crippen MR) is 44.5 cm³/mol. The van der Waals surface area contributed by atoms with Crippen LogP contribution in [0, 0.1) is 6.92 Å². The molecule has 1 rings (SSSR count). The molecule has 0 aliphatic carbocycles. The molecule has 0 radical (unpaired) electrons.